The zero-order chi connectivity index (χ0) is 23.4. The maximum atomic E-state index is 12.8. The molecule has 0 saturated carbocycles. The molecule has 0 aliphatic carbocycles. The lowest BCUT2D eigenvalue weighted by Crippen LogP contribution is -2.48. The SMILES string of the molecule is CC(C)Oc1ccc(CNS(=O)(=O)c2ccc3c(c2)OC[C@H](C(=O)N2CCCCC2)O3)cc1. The quantitative estimate of drug-likeness (QED) is 0.663. The number of nitrogens with zero attached hydrogens (tertiary/aromatic N) is 1. The van der Waals surface area contributed by atoms with Crippen LogP contribution in [0.3, 0.4) is 0 Å². The Bertz CT molecular complexity index is 1080. The van der Waals surface area contributed by atoms with Gasteiger partial charge >= 0.3 is 0 Å². The van der Waals surface area contributed by atoms with Crippen LogP contribution in [0.2, 0.25) is 0 Å². The molecule has 8 nitrogen and oxygen atoms in total. The minimum Gasteiger partial charge on any atom is -0.491 e. The number of fused-ring (bicyclic) bond motifs is 1. The molecule has 2 aliphatic heterocycles. The highest BCUT2D eigenvalue weighted by atomic mass is 32.2. The lowest BCUT2D eigenvalue weighted by molar-refractivity contribution is -0.142. The summed E-state index contributed by atoms with van der Waals surface area (Å²) in [5, 5.41) is 0. The molecule has 33 heavy (non-hydrogen) atoms. The van der Waals surface area contributed by atoms with Crippen molar-refractivity contribution in [3.05, 3.63) is 48.0 Å². The predicted octanol–water partition coefficient (Wildman–Crippen LogP) is 3.10. The van der Waals surface area contributed by atoms with Crippen molar-refractivity contribution in [1.29, 1.82) is 0 Å². The van der Waals surface area contributed by atoms with Crippen LogP contribution < -0.4 is 18.9 Å². The third-order valence-electron chi connectivity index (χ3n) is 5.59. The predicted molar refractivity (Wildman–Crippen MR) is 123 cm³/mol. The van der Waals surface area contributed by atoms with Gasteiger partial charge in [-0.1, -0.05) is 12.1 Å². The average Bonchev–Trinajstić information content (AvgIpc) is 2.82. The van der Waals surface area contributed by atoms with Gasteiger partial charge in [0.05, 0.1) is 11.0 Å². The van der Waals surface area contributed by atoms with Gasteiger partial charge in [-0.15, -0.1) is 0 Å². The van der Waals surface area contributed by atoms with Crippen molar-refractivity contribution in [2.75, 3.05) is 19.7 Å². The number of ether oxygens (including phenoxy) is 3. The molecule has 1 amide bonds. The fourth-order valence-electron chi connectivity index (χ4n) is 3.88. The number of benzene rings is 2. The average molecular weight is 475 g/mol. The van der Waals surface area contributed by atoms with Crippen LogP contribution in [0.5, 0.6) is 17.2 Å². The Morgan fingerprint density at radius 3 is 2.52 bits per heavy atom. The summed E-state index contributed by atoms with van der Waals surface area (Å²) >= 11 is 0. The van der Waals surface area contributed by atoms with Crippen molar-refractivity contribution >= 4 is 15.9 Å². The van der Waals surface area contributed by atoms with Gasteiger partial charge in [0.15, 0.2) is 11.5 Å². The Morgan fingerprint density at radius 2 is 1.82 bits per heavy atom. The number of carbonyl (C=O) groups is 1. The van der Waals surface area contributed by atoms with Crippen LogP contribution >= 0.6 is 0 Å². The molecule has 1 saturated heterocycles. The summed E-state index contributed by atoms with van der Waals surface area (Å²) in [6, 6.07) is 11.7. The molecule has 0 aromatic heterocycles. The number of piperidine rings is 1. The third-order valence-corrected chi connectivity index (χ3v) is 6.99. The molecule has 0 unspecified atom stereocenters. The van der Waals surface area contributed by atoms with Gasteiger partial charge in [-0.3, -0.25) is 4.79 Å². The first-order chi connectivity index (χ1) is 15.8. The molecule has 2 heterocycles. The summed E-state index contributed by atoms with van der Waals surface area (Å²) < 4.78 is 45.3. The number of hydrogen-bond donors (Lipinski definition) is 1. The summed E-state index contributed by atoms with van der Waals surface area (Å²) in [5.41, 5.74) is 0.811. The van der Waals surface area contributed by atoms with Crippen LogP contribution in [-0.4, -0.2) is 51.1 Å². The number of carbonyl (C=O) groups excluding carboxylic acids is 1. The van der Waals surface area contributed by atoms with E-state index in [2.05, 4.69) is 4.72 Å². The number of likely N-dealkylation sites (tertiary alicyclic amines) is 1. The molecule has 1 fully saturated rings. The van der Waals surface area contributed by atoms with Crippen LogP contribution in [0.15, 0.2) is 47.4 Å². The first-order valence-electron chi connectivity index (χ1n) is 11.3. The van der Waals surface area contributed by atoms with Crippen LogP contribution in [0.4, 0.5) is 0 Å². The highest BCUT2D eigenvalue weighted by molar-refractivity contribution is 7.89. The molecule has 0 spiro atoms. The van der Waals surface area contributed by atoms with Gasteiger partial charge < -0.3 is 19.1 Å². The fraction of sp³-hybridized carbons (Fsp3) is 0.458. The Hall–Kier alpha value is -2.78. The molecular formula is C24H30N2O6S. The standard InChI is InChI=1S/C24H30N2O6S/c1-17(2)31-19-8-6-18(7-9-19)15-25-33(28,29)20-10-11-21-22(14-20)30-16-23(32-21)24(27)26-12-4-3-5-13-26/h6-11,14,17,23,25H,3-5,12-13,15-16H2,1-2H3/t23-/m1/s1. The lowest BCUT2D eigenvalue weighted by Gasteiger charge is -2.32. The molecule has 2 aromatic carbocycles. The van der Waals surface area contributed by atoms with Crippen molar-refractivity contribution in [2.45, 2.75) is 56.8 Å². The van der Waals surface area contributed by atoms with Crippen LogP contribution in [-0.2, 0) is 21.4 Å². The van der Waals surface area contributed by atoms with Crippen molar-refractivity contribution in [2.24, 2.45) is 0 Å². The second kappa shape index (κ2) is 10.0. The van der Waals surface area contributed by atoms with E-state index in [1.165, 1.54) is 18.2 Å². The van der Waals surface area contributed by atoms with Gasteiger partial charge in [0.25, 0.3) is 5.91 Å². The maximum absolute atomic E-state index is 12.8. The highest BCUT2D eigenvalue weighted by Crippen LogP contribution is 2.34. The van der Waals surface area contributed by atoms with E-state index in [0.717, 1.165) is 43.7 Å². The van der Waals surface area contributed by atoms with E-state index < -0.39 is 16.1 Å². The molecule has 0 bridgehead atoms. The largest absolute Gasteiger partial charge is 0.491 e. The number of nitrogens with one attached hydrogen (secondary N) is 1. The van der Waals surface area contributed by atoms with Crippen LogP contribution in [0.1, 0.15) is 38.7 Å². The molecule has 0 radical (unpaired) electrons. The fourth-order valence-corrected chi connectivity index (χ4v) is 4.91. The van der Waals surface area contributed by atoms with Gasteiger partial charge in [-0.2, -0.15) is 0 Å². The smallest absolute Gasteiger partial charge is 0.267 e. The summed E-state index contributed by atoms with van der Waals surface area (Å²) in [6.45, 7) is 5.57. The molecule has 178 valence electrons. The van der Waals surface area contributed by atoms with E-state index in [0.29, 0.717) is 11.5 Å². The second-order valence-electron chi connectivity index (χ2n) is 8.55. The summed E-state index contributed by atoms with van der Waals surface area (Å²) in [4.78, 5) is 14.6. The molecular weight excluding hydrogens is 444 g/mol. The van der Waals surface area contributed by atoms with Gasteiger partial charge in [0.2, 0.25) is 16.1 Å². The van der Waals surface area contributed by atoms with E-state index in [4.69, 9.17) is 14.2 Å². The van der Waals surface area contributed by atoms with Gasteiger partial charge in [-0.05, 0) is 62.9 Å². The number of amides is 1. The van der Waals surface area contributed by atoms with E-state index >= 15 is 0 Å². The lowest BCUT2D eigenvalue weighted by atomic mass is 10.1. The third kappa shape index (κ3) is 5.78. The first-order valence-corrected chi connectivity index (χ1v) is 12.8. The molecule has 9 heteroatoms. The molecule has 2 aromatic rings. The summed E-state index contributed by atoms with van der Waals surface area (Å²) in [7, 11) is -3.76. The Morgan fingerprint density at radius 1 is 1.09 bits per heavy atom. The Kier molecular flexibility index (Phi) is 7.09. The van der Waals surface area contributed by atoms with Gasteiger partial charge in [0, 0.05) is 25.7 Å². The normalized spacial score (nSPS) is 18.3. The molecule has 1 N–H and O–H groups in total. The second-order valence-corrected chi connectivity index (χ2v) is 10.3. The van der Waals surface area contributed by atoms with Crippen molar-refractivity contribution in [3.63, 3.8) is 0 Å². The van der Waals surface area contributed by atoms with E-state index in [1.807, 2.05) is 43.0 Å². The van der Waals surface area contributed by atoms with Crippen molar-refractivity contribution in [1.82, 2.24) is 9.62 Å². The minimum absolute atomic E-state index is 0.0596. The monoisotopic (exact) mass is 474 g/mol. The number of sulfonamides is 1. The van der Waals surface area contributed by atoms with Crippen LogP contribution in [0.25, 0.3) is 0 Å². The Balaban J connectivity index is 1.38. The zero-order valence-electron chi connectivity index (χ0n) is 19.0. The van der Waals surface area contributed by atoms with Crippen LogP contribution in [0, 0.1) is 0 Å². The first kappa shape index (κ1) is 23.4. The Labute approximate surface area is 194 Å². The summed E-state index contributed by atoms with van der Waals surface area (Å²) in [5.74, 6) is 1.34. The van der Waals surface area contributed by atoms with Gasteiger partial charge in [-0.25, -0.2) is 13.1 Å². The van der Waals surface area contributed by atoms with E-state index in [-0.39, 0.29) is 30.1 Å². The maximum Gasteiger partial charge on any atom is 0.267 e. The molecule has 1 atom stereocenters. The molecule has 4 rings (SSSR count). The molecule has 2 aliphatic rings. The highest BCUT2D eigenvalue weighted by Gasteiger charge is 2.32. The topological polar surface area (TPSA) is 94.2 Å². The minimum atomic E-state index is -3.76. The van der Waals surface area contributed by atoms with Crippen molar-refractivity contribution in [3.8, 4) is 17.2 Å². The number of hydrogen-bond acceptors (Lipinski definition) is 6. The van der Waals surface area contributed by atoms with Gasteiger partial charge in [0.1, 0.15) is 12.4 Å². The zero-order valence-corrected chi connectivity index (χ0v) is 19.8. The van der Waals surface area contributed by atoms with E-state index in [9.17, 15) is 13.2 Å². The van der Waals surface area contributed by atoms with Crippen molar-refractivity contribution < 1.29 is 27.4 Å². The van der Waals surface area contributed by atoms with E-state index in [1.54, 1.807) is 0 Å². The summed E-state index contributed by atoms with van der Waals surface area (Å²) in [6.07, 6.45) is 2.50. The number of rotatable bonds is 7.